The standard InChI is InChI=1S/C36H22N4/c1-2-13-24(14-3-1)39-28-18-6-4-15-25(28)31-27-17-10-22-38-34(27)32-26-16-5-7-19-29(26)40(36(32)35(31)39)30-20-8-11-23-12-9-21-37-33(23)30/h1-22H. The maximum absolute atomic E-state index is 5.03. The van der Waals surface area contributed by atoms with Gasteiger partial charge in [-0.25, -0.2) is 0 Å². The van der Waals surface area contributed by atoms with E-state index in [1.807, 2.05) is 18.5 Å². The summed E-state index contributed by atoms with van der Waals surface area (Å²) in [6.07, 6.45) is 3.79. The maximum atomic E-state index is 5.03. The van der Waals surface area contributed by atoms with E-state index in [1.165, 1.54) is 27.2 Å². The molecule has 40 heavy (non-hydrogen) atoms. The minimum Gasteiger partial charge on any atom is -0.307 e. The van der Waals surface area contributed by atoms with Crippen molar-refractivity contribution in [1.29, 1.82) is 0 Å². The van der Waals surface area contributed by atoms with E-state index in [2.05, 4.69) is 124 Å². The zero-order valence-corrected chi connectivity index (χ0v) is 21.5. The highest BCUT2D eigenvalue weighted by molar-refractivity contribution is 6.35. The van der Waals surface area contributed by atoms with E-state index in [0.717, 1.165) is 49.6 Å². The van der Waals surface area contributed by atoms with Crippen LogP contribution in [0.25, 0.3) is 76.8 Å². The molecule has 0 radical (unpaired) electrons. The van der Waals surface area contributed by atoms with Gasteiger partial charge in [0.1, 0.15) is 0 Å². The van der Waals surface area contributed by atoms with Crippen molar-refractivity contribution in [1.82, 2.24) is 19.1 Å². The second-order valence-electron chi connectivity index (χ2n) is 10.2. The molecule has 186 valence electrons. The van der Waals surface area contributed by atoms with E-state index in [0.29, 0.717) is 0 Å². The quantitative estimate of drug-likeness (QED) is 0.233. The number of hydrogen-bond acceptors (Lipinski definition) is 2. The van der Waals surface area contributed by atoms with Crippen molar-refractivity contribution >= 4 is 65.4 Å². The van der Waals surface area contributed by atoms with Crippen LogP contribution in [0.1, 0.15) is 0 Å². The molecule has 0 atom stereocenters. The fourth-order valence-corrected chi connectivity index (χ4v) is 6.61. The van der Waals surface area contributed by atoms with E-state index < -0.39 is 0 Å². The number of para-hydroxylation sites is 4. The molecule has 4 nitrogen and oxygen atoms in total. The van der Waals surface area contributed by atoms with Crippen LogP contribution in [0.5, 0.6) is 0 Å². The Kier molecular flexibility index (Phi) is 4.30. The second kappa shape index (κ2) is 8.01. The molecule has 0 saturated heterocycles. The van der Waals surface area contributed by atoms with Gasteiger partial charge in [-0.3, -0.25) is 9.97 Å². The van der Waals surface area contributed by atoms with Crippen molar-refractivity contribution in [2.45, 2.75) is 0 Å². The molecular weight excluding hydrogens is 488 g/mol. The molecule has 4 heteroatoms. The second-order valence-corrected chi connectivity index (χ2v) is 10.2. The zero-order chi connectivity index (χ0) is 26.2. The van der Waals surface area contributed by atoms with Gasteiger partial charge < -0.3 is 9.13 Å². The van der Waals surface area contributed by atoms with Crippen LogP contribution < -0.4 is 0 Å². The molecule has 4 aromatic heterocycles. The summed E-state index contributed by atoms with van der Waals surface area (Å²) in [5.41, 5.74) is 8.81. The monoisotopic (exact) mass is 510 g/mol. The summed E-state index contributed by atoms with van der Waals surface area (Å²) in [4.78, 5) is 9.90. The van der Waals surface area contributed by atoms with Crippen LogP contribution in [0.2, 0.25) is 0 Å². The number of aromatic nitrogens is 4. The Hall–Kier alpha value is -5.48. The minimum absolute atomic E-state index is 0.976. The lowest BCUT2D eigenvalue weighted by Gasteiger charge is -2.14. The molecule has 0 aliphatic heterocycles. The van der Waals surface area contributed by atoms with Crippen LogP contribution in [0.15, 0.2) is 134 Å². The Morgan fingerprint density at radius 1 is 0.425 bits per heavy atom. The number of hydrogen-bond donors (Lipinski definition) is 0. The zero-order valence-electron chi connectivity index (χ0n) is 21.5. The van der Waals surface area contributed by atoms with E-state index in [-0.39, 0.29) is 0 Å². The molecule has 0 aliphatic rings. The Bertz CT molecular complexity index is 2430. The first-order valence-corrected chi connectivity index (χ1v) is 13.5. The van der Waals surface area contributed by atoms with Crippen LogP contribution >= 0.6 is 0 Å². The average molecular weight is 511 g/mol. The average Bonchev–Trinajstić information content (AvgIpc) is 3.55. The van der Waals surface area contributed by atoms with Crippen LogP contribution in [-0.2, 0) is 0 Å². The molecule has 0 amide bonds. The van der Waals surface area contributed by atoms with Gasteiger partial charge in [0.05, 0.1) is 38.8 Å². The molecule has 0 N–H and O–H groups in total. The number of nitrogens with zero attached hydrogens (tertiary/aromatic N) is 4. The van der Waals surface area contributed by atoms with Gasteiger partial charge in [-0.05, 0) is 42.5 Å². The Morgan fingerprint density at radius 3 is 1.85 bits per heavy atom. The highest BCUT2D eigenvalue weighted by atomic mass is 15.1. The van der Waals surface area contributed by atoms with Crippen molar-refractivity contribution in [3.63, 3.8) is 0 Å². The third-order valence-electron chi connectivity index (χ3n) is 8.15. The van der Waals surface area contributed by atoms with Crippen LogP contribution in [0.4, 0.5) is 0 Å². The molecule has 0 spiro atoms. The van der Waals surface area contributed by atoms with E-state index in [9.17, 15) is 0 Å². The number of fused-ring (bicyclic) bond motifs is 11. The molecule has 9 aromatic rings. The molecule has 0 saturated carbocycles. The van der Waals surface area contributed by atoms with E-state index >= 15 is 0 Å². The molecule has 0 bridgehead atoms. The van der Waals surface area contributed by atoms with Gasteiger partial charge >= 0.3 is 0 Å². The van der Waals surface area contributed by atoms with E-state index in [1.54, 1.807) is 0 Å². The SMILES string of the molecule is c1ccc(-n2c3ccccc3c3c4cccnc4c4c5ccccc5n(-c5cccc6cccnc56)c4c32)cc1. The van der Waals surface area contributed by atoms with Crippen molar-refractivity contribution in [3.8, 4) is 11.4 Å². The fourth-order valence-electron chi connectivity index (χ4n) is 6.61. The van der Waals surface area contributed by atoms with Crippen molar-refractivity contribution < 1.29 is 0 Å². The van der Waals surface area contributed by atoms with Crippen molar-refractivity contribution in [2.75, 3.05) is 0 Å². The summed E-state index contributed by atoms with van der Waals surface area (Å²) in [7, 11) is 0. The summed E-state index contributed by atoms with van der Waals surface area (Å²) in [6, 6.07) is 42.9. The topological polar surface area (TPSA) is 35.6 Å². The van der Waals surface area contributed by atoms with Crippen LogP contribution in [0, 0.1) is 0 Å². The van der Waals surface area contributed by atoms with Gasteiger partial charge in [0.15, 0.2) is 0 Å². The number of pyridine rings is 2. The highest BCUT2D eigenvalue weighted by Gasteiger charge is 2.25. The summed E-state index contributed by atoms with van der Waals surface area (Å²) in [6.45, 7) is 0. The summed E-state index contributed by atoms with van der Waals surface area (Å²) < 4.78 is 4.84. The molecule has 5 aromatic carbocycles. The smallest absolute Gasteiger partial charge is 0.0942 e. The molecule has 0 aliphatic carbocycles. The number of rotatable bonds is 2. The summed E-state index contributed by atoms with van der Waals surface area (Å²) in [5.74, 6) is 0. The highest BCUT2D eigenvalue weighted by Crippen LogP contribution is 2.46. The van der Waals surface area contributed by atoms with Gasteiger partial charge in [0.2, 0.25) is 0 Å². The minimum atomic E-state index is 0.976. The molecule has 9 rings (SSSR count). The summed E-state index contributed by atoms with van der Waals surface area (Å²) >= 11 is 0. The Labute approximate surface area is 229 Å². The van der Waals surface area contributed by atoms with Crippen molar-refractivity contribution in [3.05, 3.63) is 134 Å². The first-order chi connectivity index (χ1) is 19.9. The Morgan fingerprint density at radius 2 is 1.02 bits per heavy atom. The van der Waals surface area contributed by atoms with Gasteiger partial charge in [0.25, 0.3) is 0 Å². The first kappa shape index (κ1) is 21.5. The molecule has 0 fully saturated rings. The molecule has 0 unspecified atom stereocenters. The number of benzene rings is 5. The largest absolute Gasteiger partial charge is 0.307 e. The predicted octanol–water partition coefficient (Wildman–Crippen LogP) is 8.98. The lowest BCUT2D eigenvalue weighted by Crippen LogP contribution is -2.00. The Balaban J connectivity index is 1.67. The van der Waals surface area contributed by atoms with E-state index in [4.69, 9.17) is 9.97 Å². The first-order valence-electron chi connectivity index (χ1n) is 13.5. The third kappa shape index (κ3) is 2.74. The maximum Gasteiger partial charge on any atom is 0.0942 e. The lowest BCUT2D eigenvalue weighted by molar-refractivity contribution is 1.15. The van der Waals surface area contributed by atoms with Crippen LogP contribution in [0.3, 0.4) is 0 Å². The molecular formula is C36H22N4. The lowest BCUT2D eigenvalue weighted by atomic mass is 10.0. The fraction of sp³-hybridized carbons (Fsp3) is 0. The van der Waals surface area contributed by atoms with Crippen LogP contribution in [-0.4, -0.2) is 19.1 Å². The predicted molar refractivity (Wildman–Crippen MR) is 166 cm³/mol. The van der Waals surface area contributed by atoms with Gasteiger partial charge in [-0.1, -0.05) is 78.9 Å². The van der Waals surface area contributed by atoms with Gasteiger partial charge in [-0.15, -0.1) is 0 Å². The van der Waals surface area contributed by atoms with Gasteiger partial charge in [0, 0.05) is 50.4 Å². The van der Waals surface area contributed by atoms with Gasteiger partial charge in [-0.2, -0.15) is 0 Å². The molecule has 4 heterocycles. The normalized spacial score (nSPS) is 12.0. The van der Waals surface area contributed by atoms with Crippen molar-refractivity contribution in [2.24, 2.45) is 0 Å². The third-order valence-corrected chi connectivity index (χ3v) is 8.15. The summed E-state index contributed by atoms with van der Waals surface area (Å²) in [5, 5.41) is 7.05.